The van der Waals surface area contributed by atoms with Gasteiger partial charge in [-0.05, 0) is 35.4 Å². The Kier molecular flexibility index (Phi) is 26.1. The monoisotopic (exact) mass is 1080 g/mol. The summed E-state index contributed by atoms with van der Waals surface area (Å²) in [6.07, 6.45) is 8.42. The number of alkyl halides is 2. The average molecular weight is 1080 g/mol. The number of aromatic nitrogens is 7. The topological polar surface area (TPSA) is 265 Å². The smallest absolute Gasteiger partial charge is 0.240 e. The number of hydrogen-bond donors (Lipinski definition) is 5. The third kappa shape index (κ3) is 19.4. The maximum atomic E-state index is 12.1. The van der Waals surface area contributed by atoms with Crippen LogP contribution < -0.4 is 44.8 Å². The van der Waals surface area contributed by atoms with Gasteiger partial charge in [0.05, 0.1) is 107 Å². The quantitative estimate of drug-likeness (QED) is 0.0331. The van der Waals surface area contributed by atoms with Crippen molar-refractivity contribution in [2.45, 2.75) is 13.8 Å². The number of nitrogens with two attached hydrogens (primary N) is 1. The highest BCUT2D eigenvalue weighted by molar-refractivity contribution is 8.14. The minimum atomic E-state index is -0.508. The molecule has 1 aliphatic heterocycles. The summed E-state index contributed by atoms with van der Waals surface area (Å²) in [6.45, 7) is 0. The molecule has 7 heterocycles. The van der Waals surface area contributed by atoms with Crippen molar-refractivity contribution in [2.75, 3.05) is 76.5 Å². The molecule has 0 saturated heterocycles. The van der Waals surface area contributed by atoms with Crippen LogP contribution in [0.25, 0.3) is 11.0 Å². The first kappa shape index (κ1) is 58.2. The van der Waals surface area contributed by atoms with Crippen LogP contribution in [-0.2, 0) is 20.8 Å². The van der Waals surface area contributed by atoms with Gasteiger partial charge in [0, 0.05) is 30.7 Å². The Morgan fingerprint density at radius 3 is 1.65 bits per heavy atom. The van der Waals surface area contributed by atoms with Gasteiger partial charge in [0.25, 0.3) is 0 Å². The predicted molar refractivity (Wildman–Crippen MR) is 272 cm³/mol. The average Bonchev–Trinajstić information content (AvgIpc) is 3.92. The van der Waals surface area contributed by atoms with Gasteiger partial charge in [-0.25, -0.2) is 29.9 Å². The van der Waals surface area contributed by atoms with E-state index in [1.165, 1.54) is 58.8 Å². The highest BCUT2D eigenvalue weighted by atomic mass is 35.5. The van der Waals surface area contributed by atoms with Gasteiger partial charge in [0.2, 0.25) is 17.1 Å². The molecule has 0 aliphatic carbocycles. The number of nitrogens with one attached hydrogen (secondary N) is 4. The Hall–Kier alpha value is -5.88. The number of thioether (sulfide) groups is 1. The molecule has 20 nitrogen and oxygen atoms in total. The molecule has 0 radical (unpaired) electrons. The third-order valence-corrected chi connectivity index (χ3v) is 10.2. The highest BCUT2D eigenvalue weighted by Gasteiger charge is 2.18. The van der Waals surface area contributed by atoms with Gasteiger partial charge in [-0.15, -0.1) is 35.0 Å². The lowest BCUT2D eigenvalue weighted by atomic mass is 10.2. The summed E-state index contributed by atoms with van der Waals surface area (Å²) in [5.41, 5.74) is 8.99. The van der Waals surface area contributed by atoms with Gasteiger partial charge in [-0.1, -0.05) is 30.6 Å². The number of aromatic amines is 2. The minimum absolute atomic E-state index is 0. The number of rotatable bonds is 12. The van der Waals surface area contributed by atoms with E-state index in [0.29, 0.717) is 73.4 Å². The van der Waals surface area contributed by atoms with E-state index in [4.69, 9.17) is 104 Å². The zero-order valence-electron chi connectivity index (χ0n) is 36.2. The Morgan fingerprint density at radius 2 is 1.13 bits per heavy atom. The van der Waals surface area contributed by atoms with Gasteiger partial charge < -0.3 is 54.8 Å². The fourth-order valence-electron chi connectivity index (χ4n) is 4.90. The molecule has 0 aromatic carbocycles. The second kappa shape index (κ2) is 30.5. The number of nitrogen functional groups attached to an aromatic ring is 1. The summed E-state index contributed by atoms with van der Waals surface area (Å²) in [5.74, 6) is 3.88. The van der Waals surface area contributed by atoms with Crippen LogP contribution in [0.2, 0.25) is 10.3 Å². The van der Waals surface area contributed by atoms with Crippen molar-refractivity contribution in [1.29, 1.82) is 0 Å². The number of ether oxygens (including phenoxy) is 6. The Labute approximate surface area is 425 Å². The molecule has 0 bridgehead atoms. The molecular weight excluding hydrogens is 1030 g/mol. The van der Waals surface area contributed by atoms with Gasteiger partial charge in [-0.3, -0.25) is 14.4 Å². The molecule has 0 spiro atoms. The van der Waals surface area contributed by atoms with Crippen LogP contribution >= 0.6 is 82.0 Å². The summed E-state index contributed by atoms with van der Waals surface area (Å²) < 4.78 is 30.8. The van der Waals surface area contributed by atoms with E-state index < -0.39 is 5.24 Å². The number of methoxy groups -OCH3 is 6. The number of H-pyrrole nitrogens is 2. The van der Waals surface area contributed by atoms with E-state index in [1.807, 2.05) is 0 Å². The van der Waals surface area contributed by atoms with Crippen LogP contribution in [0, 0.1) is 4.77 Å². The first-order valence-corrected chi connectivity index (χ1v) is 22.2. The maximum absolute atomic E-state index is 12.1. The molecule has 68 heavy (non-hydrogen) atoms. The lowest BCUT2D eigenvalue weighted by molar-refractivity contribution is -0.114. The summed E-state index contributed by atoms with van der Waals surface area (Å²) >= 11 is 32.7. The van der Waals surface area contributed by atoms with E-state index in [2.05, 4.69) is 50.5 Å². The molecule has 27 heteroatoms. The van der Waals surface area contributed by atoms with Crippen LogP contribution in [0.15, 0.2) is 66.3 Å². The normalized spacial score (nSPS) is 10.4. The van der Waals surface area contributed by atoms with Crippen molar-refractivity contribution in [3.8, 4) is 34.5 Å². The number of amides is 2. The lowest BCUT2D eigenvalue weighted by Gasteiger charge is -2.09. The van der Waals surface area contributed by atoms with E-state index in [9.17, 15) is 14.4 Å². The zero-order chi connectivity index (χ0) is 49.5. The number of pyridine rings is 5. The molecule has 0 fully saturated rings. The van der Waals surface area contributed by atoms with Crippen molar-refractivity contribution in [3.63, 3.8) is 0 Å². The summed E-state index contributed by atoms with van der Waals surface area (Å²) in [7, 11) is 9.17. The molecule has 0 saturated carbocycles. The van der Waals surface area contributed by atoms with Crippen molar-refractivity contribution in [3.05, 3.63) is 82.0 Å². The summed E-state index contributed by atoms with van der Waals surface area (Å²) in [4.78, 5) is 62.6. The van der Waals surface area contributed by atoms with Crippen LogP contribution in [0.1, 0.15) is 13.0 Å². The SMILES string of the molecule is C.COc1cnc(N)cc1OC.COc1cnc(NC(=O)CCl)cc1OC.COc1cnc(NC(=O)CSC2=Nc3cnc(Cl)cc3C2)cc1OC.O=C(Cl)CCl.S=c1[nH]c2cnc(Cl)cc2[nH]1. The molecule has 2 amide bonds. The molecule has 366 valence electrons. The summed E-state index contributed by atoms with van der Waals surface area (Å²) in [5, 5.41) is 6.48. The highest BCUT2D eigenvalue weighted by Crippen LogP contribution is 2.32. The molecule has 7 rings (SSSR count). The fourth-order valence-corrected chi connectivity index (χ4v) is 6.31. The number of carbonyl (C=O) groups is 3. The lowest BCUT2D eigenvalue weighted by Crippen LogP contribution is -2.16. The van der Waals surface area contributed by atoms with Gasteiger partial charge >= 0.3 is 0 Å². The maximum Gasteiger partial charge on any atom is 0.240 e. The largest absolute Gasteiger partial charge is 0.493 e. The fraction of sp³-hybridized carbons (Fsp3) is 0.268. The van der Waals surface area contributed by atoms with Crippen LogP contribution in [-0.4, -0.2) is 117 Å². The molecule has 0 atom stereocenters. The molecular formula is C41H46Cl5N11O9S2. The number of hydrogen-bond acceptors (Lipinski definition) is 18. The second-order valence-electron chi connectivity index (χ2n) is 12.3. The number of halogens is 5. The molecule has 6 aromatic rings. The predicted octanol–water partition coefficient (Wildman–Crippen LogP) is 8.96. The van der Waals surface area contributed by atoms with Crippen molar-refractivity contribution < 1.29 is 42.8 Å². The molecule has 6 N–H and O–H groups in total. The number of nitrogens with zero attached hydrogens (tertiary/aromatic N) is 6. The van der Waals surface area contributed by atoms with E-state index in [-0.39, 0.29) is 36.8 Å². The van der Waals surface area contributed by atoms with Gasteiger partial charge in [0.15, 0.2) is 39.3 Å². The van der Waals surface area contributed by atoms with Gasteiger partial charge in [-0.2, -0.15) is 0 Å². The number of aliphatic imine (C=N–C) groups is 1. The van der Waals surface area contributed by atoms with E-state index >= 15 is 0 Å². The second-order valence-corrected chi connectivity index (χ2v) is 15.5. The minimum Gasteiger partial charge on any atom is -0.493 e. The van der Waals surface area contributed by atoms with E-state index in [1.54, 1.807) is 56.9 Å². The van der Waals surface area contributed by atoms with Crippen molar-refractivity contribution in [1.82, 2.24) is 34.9 Å². The van der Waals surface area contributed by atoms with Crippen LogP contribution in [0.5, 0.6) is 34.5 Å². The Balaban J connectivity index is 0.000000317. The first-order chi connectivity index (χ1) is 32.1. The van der Waals surface area contributed by atoms with Crippen LogP contribution in [0.4, 0.5) is 23.1 Å². The molecule has 6 aromatic heterocycles. The number of imidazole rings is 1. The Bertz CT molecular complexity index is 2700. The standard InChI is InChI=1S/C16H15ClN4O3S.C9H11ClN2O3.C7H10N2O2.C6H4ClN3S.C2H2Cl2O.CH4/c1-23-11-5-14(19-7-12(11)24-2)21-15(22)8-25-16-4-9-3-13(17)18-6-10(9)20-16;1-14-6-3-8(12-9(13)4-10)11-5-7(6)15-2;1-10-5-3-7(8)9-4-6(5)11-2;7-5-1-3-4(2-8-5)10-6(11)9-3;3-1-2(4)5;/h3,5-7H,4,8H2,1-2H3,(H,19,21,22);3,5H,4H2,1-2H3,(H,11,12,13);3-4H,1-2H3,(H2,8,9);1-2H,(H2,9,10,11);1H2;1H4. The Morgan fingerprint density at radius 1 is 0.662 bits per heavy atom. The third-order valence-electron chi connectivity index (χ3n) is 7.85. The summed E-state index contributed by atoms with van der Waals surface area (Å²) in [6, 6.07) is 8.30. The van der Waals surface area contributed by atoms with E-state index in [0.717, 1.165) is 27.3 Å². The van der Waals surface area contributed by atoms with Crippen LogP contribution in [0.3, 0.4) is 0 Å². The van der Waals surface area contributed by atoms with Crippen molar-refractivity contribution >= 4 is 138 Å². The van der Waals surface area contributed by atoms with Gasteiger partial charge in [0.1, 0.15) is 33.6 Å². The number of anilines is 3. The van der Waals surface area contributed by atoms with Crippen molar-refractivity contribution in [2.24, 2.45) is 4.99 Å². The molecule has 0 unspecified atom stereocenters. The zero-order valence-corrected chi connectivity index (χ0v) is 41.7. The number of fused-ring (bicyclic) bond motifs is 2. The molecule has 1 aliphatic rings. The number of carbonyl (C=O) groups excluding carboxylic acids is 3. The first-order valence-electron chi connectivity index (χ1n) is 18.6.